The van der Waals surface area contributed by atoms with E-state index in [2.05, 4.69) is 5.32 Å². The second kappa shape index (κ2) is 8.52. The first-order valence-electron chi connectivity index (χ1n) is 6.87. The highest BCUT2D eigenvalue weighted by Gasteiger charge is 2.29. The molecule has 0 bridgehead atoms. The number of carboxylic acid groups (broad SMARTS) is 1. The van der Waals surface area contributed by atoms with Gasteiger partial charge in [0.25, 0.3) is 0 Å². The van der Waals surface area contributed by atoms with Gasteiger partial charge in [-0.2, -0.15) is 0 Å². The number of nitrogens with zero attached hydrogens (tertiary/aromatic N) is 1. The molecule has 0 saturated carbocycles. The number of rotatable bonds is 9. The van der Waals surface area contributed by atoms with Gasteiger partial charge in [0.1, 0.15) is 0 Å². The highest BCUT2D eigenvalue weighted by molar-refractivity contribution is 5.78. The number of esters is 1. The smallest absolute Gasteiger partial charge is 0.305 e. The normalized spacial score (nSPS) is 15.4. The van der Waals surface area contributed by atoms with E-state index in [0.717, 1.165) is 0 Å². The van der Waals surface area contributed by atoms with Crippen molar-refractivity contribution in [2.45, 2.75) is 26.2 Å². The topological polar surface area (TPSA) is 95.9 Å². The molecule has 2 N–H and O–H groups in total. The minimum atomic E-state index is -0.793. The van der Waals surface area contributed by atoms with Crippen molar-refractivity contribution in [1.82, 2.24) is 10.2 Å². The number of carbonyl (C=O) groups is 3. The molecule has 0 atom stereocenters. The molecule has 0 aromatic rings. The lowest BCUT2D eigenvalue weighted by molar-refractivity contribution is -0.143. The fourth-order valence-electron chi connectivity index (χ4n) is 2.13. The van der Waals surface area contributed by atoms with E-state index in [-0.39, 0.29) is 30.8 Å². The first-order valence-corrected chi connectivity index (χ1v) is 6.87. The Hall–Kier alpha value is -1.63. The lowest BCUT2D eigenvalue weighted by Gasteiger charge is -2.37. The molecule has 1 amide bonds. The largest absolute Gasteiger partial charge is 0.481 e. The molecule has 20 heavy (non-hydrogen) atoms. The minimum Gasteiger partial charge on any atom is -0.481 e. The Balaban J connectivity index is 1.99. The van der Waals surface area contributed by atoms with Crippen molar-refractivity contribution in [1.29, 1.82) is 0 Å². The van der Waals surface area contributed by atoms with Crippen LogP contribution in [-0.4, -0.2) is 60.6 Å². The predicted octanol–water partition coefficient (Wildman–Crippen LogP) is -0.148. The molecule has 1 heterocycles. The lowest BCUT2D eigenvalue weighted by Crippen LogP contribution is -2.51. The summed E-state index contributed by atoms with van der Waals surface area (Å²) < 4.78 is 4.78. The Morgan fingerprint density at radius 2 is 2.05 bits per heavy atom. The SMILES string of the molecule is CCOC(=O)CCCNC(=O)CN1CC(CC(=O)O)C1. The van der Waals surface area contributed by atoms with Gasteiger partial charge < -0.3 is 15.2 Å². The molecular formula is C13H22N2O5. The van der Waals surface area contributed by atoms with Crippen LogP contribution < -0.4 is 5.32 Å². The van der Waals surface area contributed by atoms with Crippen molar-refractivity contribution >= 4 is 17.8 Å². The van der Waals surface area contributed by atoms with Crippen LogP contribution in [0.5, 0.6) is 0 Å². The molecule has 0 radical (unpaired) electrons. The second-order valence-corrected chi connectivity index (χ2v) is 4.92. The molecule has 0 aromatic heterocycles. The maximum Gasteiger partial charge on any atom is 0.305 e. The van der Waals surface area contributed by atoms with E-state index >= 15 is 0 Å². The van der Waals surface area contributed by atoms with Crippen LogP contribution in [0.25, 0.3) is 0 Å². The fourth-order valence-corrected chi connectivity index (χ4v) is 2.13. The zero-order chi connectivity index (χ0) is 15.0. The van der Waals surface area contributed by atoms with Gasteiger partial charge in [-0.25, -0.2) is 0 Å². The number of hydrogen-bond donors (Lipinski definition) is 2. The summed E-state index contributed by atoms with van der Waals surface area (Å²) in [6.07, 6.45) is 1.03. The Kier molecular flexibility index (Phi) is 7.00. The number of aliphatic carboxylic acids is 1. The van der Waals surface area contributed by atoms with Crippen LogP contribution in [0.2, 0.25) is 0 Å². The molecule has 114 valence electrons. The minimum absolute atomic E-state index is 0.0948. The summed E-state index contributed by atoms with van der Waals surface area (Å²) in [6.45, 7) is 4.17. The third-order valence-corrected chi connectivity index (χ3v) is 3.05. The third kappa shape index (κ3) is 6.51. The van der Waals surface area contributed by atoms with Crippen LogP contribution in [0.3, 0.4) is 0 Å². The number of nitrogens with one attached hydrogen (secondary N) is 1. The van der Waals surface area contributed by atoms with Crippen molar-refractivity contribution in [3.8, 4) is 0 Å². The van der Waals surface area contributed by atoms with Gasteiger partial charge in [0.15, 0.2) is 0 Å². The number of carbonyl (C=O) groups excluding carboxylic acids is 2. The summed E-state index contributed by atoms with van der Waals surface area (Å²) in [7, 11) is 0. The van der Waals surface area contributed by atoms with Crippen molar-refractivity contribution in [3.05, 3.63) is 0 Å². The average Bonchev–Trinajstić information content (AvgIpc) is 2.32. The third-order valence-electron chi connectivity index (χ3n) is 3.05. The summed E-state index contributed by atoms with van der Waals surface area (Å²) in [5, 5.41) is 11.3. The standard InChI is InChI=1S/C13H22N2O5/c1-2-20-13(19)4-3-5-14-11(16)9-15-7-10(8-15)6-12(17)18/h10H,2-9H2,1H3,(H,14,16)(H,17,18). The van der Waals surface area contributed by atoms with Gasteiger partial charge in [0.2, 0.25) is 5.91 Å². The van der Waals surface area contributed by atoms with E-state index in [9.17, 15) is 14.4 Å². The van der Waals surface area contributed by atoms with Gasteiger partial charge >= 0.3 is 11.9 Å². The fraction of sp³-hybridized carbons (Fsp3) is 0.769. The molecule has 0 spiro atoms. The maximum atomic E-state index is 11.6. The van der Waals surface area contributed by atoms with Gasteiger partial charge in [-0.15, -0.1) is 0 Å². The number of amides is 1. The van der Waals surface area contributed by atoms with E-state index in [1.807, 2.05) is 4.90 Å². The molecule has 0 unspecified atom stereocenters. The molecule has 0 aromatic carbocycles. The highest BCUT2D eigenvalue weighted by atomic mass is 16.5. The molecular weight excluding hydrogens is 264 g/mol. The van der Waals surface area contributed by atoms with E-state index in [0.29, 0.717) is 39.1 Å². The van der Waals surface area contributed by atoms with Gasteiger partial charge in [-0.1, -0.05) is 0 Å². The van der Waals surface area contributed by atoms with E-state index < -0.39 is 5.97 Å². The quantitative estimate of drug-likeness (QED) is 0.452. The molecule has 1 fully saturated rings. The maximum absolute atomic E-state index is 11.6. The van der Waals surface area contributed by atoms with Crippen molar-refractivity contribution in [2.75, 3.05) is 32.8 Å². The molecule has 1 rings (SSSR count). The van der Waals surface area contributed by atoms with Crippen molar-refractivity contribution < 1.29 is 24.2 Å². The monoisotopic (exact) mass is 286 g/mol. The molecule has 1 aliphatic heterocycles. The Labute approximate surface area is 118 Å². The summed E-state index contributed by atoms with van der Waals surface area (Å²) >= 11 is 0. The summed E-state index contributed by atoms with van der Waals surface area (Å²) in [6, 6.07) is 0. The number of ether oxygens (including phenoxy) is 1. The number of likely N-dealkylation sites (tertiary alicyclic amines) is 1. The van der Waals surface area contributed by atoms with Gasteiger partial charge in [0, 0.05) is 26.1 Å². The first kappa shape index (κ1) is 16.4. The summed E-state index contributed by atoms with van der Waals surface area (Å²) in [5.74, 6) is -0.981. The number of carboxylic acids is 1. The van der Waals surface area contributed by atoms with Crippen LogP contribution in [0, 0.1) is 5.92 Å². The highest BCUT2D eigenvalue weighted by Crippen LogP contribution is 2.17. The van der Waals surface area contributed by atoms with Gasteiger partial charge in [-0.3, -0.25) is 19.3 Å². The zero-order valence-electron chi connectivity index (χ0n) is 11.8. The molecule has 7 heteroatoms. The van der Waals surface area contributed by atoms with E-state index in [4.69, 9.17) is 9.84 Å². The van der Waals surface area contributed by atoms with Crippen LogP contribution >= 0.6 is 0 Å². The molecule has 1 saturated heterocycles. The molecule has 0 aliphatic carbocycles. The Morgan fingerprint density at radius 3 is 2.65 bits per heavy atom. The second-order valence-electron chi connectivity index (χ2n) is 4.92. The van der Waals surface area contributed by atoms with Crippen molar-refractivity contribution in [3.63, 3.8) is 0 Å². The Morgan fingerprint density at radius 1 is 1.35 bits per heavy atom. The van der Waals surface area contributed by atoms with Crippen LogP contribution in [0.4, 0.5) is 0 Å². The predicted molar refractivity (Wildman–Crippen MR) is 71.1 cm³/mol. The molecule has 1 aliphatic rings. The number of hydrogen-bond acceptors (Lipinski definition) is 5. The van der Waals surface area contributed by atoms with Crippen molar-refractivity contribution in [2.24, 2.45) is 5.92 Å². The van der Waals surface area contributed by atoms with Gasteiger partial charge in [-0.05, 0) is 19.3 Å². The average molecular weight is 286 g/mol. The van der Waals surface area contributed by atoms with E-state index in [1.54, 1.807) is 6.92 Å². The Bertz CT molecular complexity index is 353. The summed E-state index contributed by atoms with van der Waals surface area (Å²) in [5.41, 5.74) is 0. The van der Waals surface area contributed by atoms with E-state index in [1.165, 1.54) is 0 Å². The lowest BCUT2D eigenvalue weighted by atomic mass is 9.96. The van der Waals surface area contributed by atoms with Crippen LogP contribution in [0.15, 0.2) is 0 Å². The van der Waals surface area contributed by atoms with Crippen LogP contribution in [-0.2, 0) is 19.1 Å². The summed E-state index contributed by atoms with van der Waals surface area (Å²) in [4.78, 5) is 35.0. The van der Waals surface area contributed by atoms with Crippen LogP contribution in [0.1, 0.15) is 26.2 Å². The molecule has 7 nitrogen and oxygen atoms in total. The zero-order valence-corrected chi connectivity index (χ0v) is 11.8. The van der Waals surface area contributed by atoms with Gasteiger partial charge in [0.05, 0.1) is 19.6 Å². The first-order chi connectivity index (χ1) is 9.51.